The molecule has 8 heavy (non-hydrogen) atoms. The van der Waals surface area contributed by atoms with Crippen molar-refractivity contribution in [2.45, 2.75) is 38.8 Å². The van der Waals surface area contributed by atoms with Crippen molar-refractivity contribution < 1.29 is 4.39 Å². The smallest absolute Gasteiger partial charge is 0.100 e. The van der Waals surface area contributed by atoms with Gasteiger partial charge in [-0.15, -0.1) is 0 Å². The molecule has 0 aromatic carbocycles. The van der Waals surface area contributed by atoms with E-state index in [1.165, 1.54) is 12.8 Å². The topological polar surface area (TPSA) is 0 Å². The zero-order valence-electron chi connectivity index (χ0n) is 5.36. The molecule has 0 aliphatic heterocycles. The Labute approximate surface area is 50.1 Å². The molecule has 0 aromatic rings. The van der Waals surface area contributed by atoms with E-state index in [0.717, 1.165) is 12.3 Å². The van der Waals surface area contributed by atoms with Gasteiger partial charge in [0.25, 0.3) is 0 Å². The van der Waals surface area contributed by atoms with Gasteiger partial charge in [0.1, 0.15) is 6.17 Å². The maximum atomic E-state index is 12.4. The minimum atomic E-state index is -0.512. The monoisotopic (exact) mass is 116 g/mol. The number of alkyl halides is 1. The van der Waals surface area contributed by atoms with Gasteiger partial charge in [-0.25, -0.2) is 4.39 Å². The van der Waals surface area contributed by atoms with Crippen molar-refractivity contribution in [1.82, 2.24) is 0 Å². The normalized spacial score (nSPS) is 23.2. The lowest BCUT2D eigenvalue weighted by Gasteiger charge is -2.00. The van der Waals surface area contributed by atoms with Crippen LogP contribution in [0.3, 0.4) is 0 Å². The third-order valence-corrected chi connectivity index (χ3v) is 1.73. The first-order valence-corrected chi connectivity index (χ1v) is 3.47. The lowest BCUT2D eigenvalue weighted by molar-refractivity contribution is 0.293. The molecule has 1 unspecified atom stereocenters. The number of hydrogen-bond acceptors (Lipinski definition) is 0. The Morgan fingerprint density at radius 2 is 2.25 bits per heavy atom. The molecule has 0 radical (unpaired) electrons. The Morgan fingerprint density at radius 1 is 1.62 bits per heavy atom. The number of rotatable bonds is 3. The van der Waals surface area contributed by atoms with Crippen molar-refractivity contribution in [3.63, 3.8) is 0 Å². The molecular weight excluding hydrogens is 103 g/mol. The third-order valence-electron chi connectivity index (χ3n) is 1.73. The summed E-state index contributed by atoms with van der Waals surface area (Å²) in [5.74, 6) is 0.755. The van der Waals surface area contributed by atoms with Crippen LogP contribution in [-0.4, -0.2) is 6.17 Å². The van der Waals surface area contributed by atoms with Crippen molar-refractivity contribution in [2.75, 3.05) is 0 Å². The van der Waals surface area contributed by atoms with Gasteiger partial charge in [-0.3, -0.25) is 0 Å². The second-order valence-electron chi connectivity index (χ2n) is 2.68. The first kappa shape index (κ1) is 6.06. The Hall–Kier alpha value is -0.0700. The first-order chi connectivity index (χ1) is 3.83. The molecule has 0 amide bonds. The standard InChI is InChI=1S/C7H13F/c1-2-7(8)5-6-3-4-6/h6-7H,2-5H2,1H3. The van der Waals surface area contributed by atoms with Crippen LogP contribution in [0.25, 0.3) is 0 Å². The van der Waals surface area contributed by atoms with Gasteiger partial charge in [-0.2, -0.15) is 0 Å². The van der Waals surface area contributed by atoms with Gasteiger partial charge in [0.2, 0.25) is 0 Å². The van der Waals surface area contributed by atoms with E-state index < -0.39 is 6.17 Å². The van der Waals surface area contributed by atoms with E-state index in [1.54, 1.807) is 0 Å². The molecule has 0 saturated heterocycles. The van der Waals surface area contributed by atoms with Crippen LogP contribution in [0.1, 0.15) is 32.6 Å². The minimum Gasteiger partial charge on any atom is -0.247 e. The van der Waals surface area contributed by atoms with Crippen LogP contribution in [0.5, 0.6) is 0 Å². The summed E-state index contributed by atoms with van der Waals surface area (Å²) < 4.78 is 12.4. The summed E-state index contributed by atoms with van der Waals surface area (Å²) in [5, 5.41) is 0. The predicted octanol–water partition coefficient (Wildman–Crippen LogP) is 2.53. The summed E-state index contributed by atoms with van der Waals surface area (Å²) in [6.45, 7) is 1.91. The highest BCUT2D eigenvalue weighted by Crippen LogP contribution is 2.34. The first-order valence-electron chi connectivity index (χ1n) is 3.47. The Morgan fingerprint density at radius 3 is 2.62 bits per heavy atom. The molecule has 0 N–H and O–H groups in total. The van der Waals surface area contributed by atoms with Gasteiger partial charge in [-0.05, 0) is 18.8 Å². The quantitative estimate of drug-likeness (QED) is 0.531. The zero-order valence-corrected chi connectivity index (χ0v) is 5.36. The van der Waals surface area contributed by atoms with Crippen LogP contribution in [-0.2, 0) is 0 Å². The Bertz CT molecular complexity index is 66.8. The zero-order chi connectivity index (χ0) is 5.98. The number of hydrogen-bond donors (Lipinski definition) is 0. The lowest BCUT2D eigenvalue weighted by Crippen LogP contribution is -1.97. The largest absolute Gasteiger partial charge is 0.247 e. The van der Waals surface area contributed by atoms with Crippen LogP contribution in [0.4, 0.5) is 4.39 Å². The highest BCUT2D eigenvalue weighted by Gasteiger charge is 2.24. The Kier molecular flexibility index (Phi) is 1.87. The van der Waals surface area contributed by atoms with Crippen LogP contribution < -0.4 is 0 Å². The van der Waals surface area contributed by atoms with Gasteiger partial charge >= 0.3 is 0 Å². The van der Waals surface area contributed by atoms with E-state index in [4.69, 9.17) is 0 Å². The average Bonchev–Trinajstić information content (AvgIpc) is 2.50. The highest BCUT2D eigenvalue weighted by atomic mass is 19.1. The molecule has 0 heterocycles. The summed E-state index contributed by atoms with van der Waals surface area (Å²) in [6.07, 6.45) is 3.58. The molecule has 0 bridgehead atoms. The molecule has 48 valence electrons. The van der Waals surface area contributed by atoms with E-state index in [2.05, 4.69) is 0 Å². The van der Waals surface area contributed by atoms with E-state index in [1.807, 2.05) is 6.92 Å². The van der Waals surface area contributed by atoms with Crippen LogP contribution in [0, 0.1) is 5.92 Å². The molecule has 1 fully saturated rings. The SMILES string of the molecule is CCC(F)CC1CC1. The van der Waals surface area contributed by atoms with Gasteiger partial charge < -0.3 is 0 Å². The van der Waals surface area contributed by atoms with E-state index in [-0.39, 0.29) is 0 Å². The van der Waals surface area contributed by atoms with Crippen molar-refractivity contribution in [3.8, 4) is 0 Å². The molecule has 1 atom stereocenters. The molecule has 1 saturated carbocycles. The van der Waals surface area contributed by atoms with Crippen LogP contribution >= 0.6 is 0 Å². The fourth-order valence-electron chi connectivity index (χ4n) is 0.882. The molecule has 0 nitrogen and oxygen atoms in total. The molecule has 1 aliphatic carbocycles. The van der Waals surface area contributed by atoms with Gasteiger partial charge in [-0.1, -0.05) is 19.8 Å². The molecule has 1 heteroatoms. The van der Waals surface area contributed by atoms with Crippen molar-refractivity contribution in [1.29, 1.82) is 0 Å². The van der Waals surface area contributed by atoms with Crippen LogP contribution in [0.2, 0.25) is 0 Å². The number of halogens is 1. The van der Waals surface area contributed by atoms with Crippen LogP contribution in [0.15, 0.2) is 0 Å². The van der Waals surface area contributed by atoms with Crippen molar-refractivity contribution in [2.24, 2.45) is 5.92 Å². The van der Waals surface area contributed by atoms with Gasteiger partial charge in [0, 0.05) is 0 Å². The molecule has 1 aliphatic rings. The molecule has 1 rings (SSSR count). The summed E-state index contributed by atoms with van der Waals surface area (Å²) in [7, 11) is 0. The Balaban J connectivity index is 1.98. The van der Waals surface area contributed by atoms with E-state index in [9.17, 15) is 4.39 Å². The van der Waals surface area contributed by atoms with Crippen molar-refractivity contribution in [3.05, 3.63) is 0 Å². The summed E-state index contributed by atoms with van der Waals surface area (Å²) in [6, 6.07) is 0. The summed E-state index contributed by atoms with van der Waals surface area (Å²) in [4.78, 5) is 0. The van der Waals surface area contributed by atoms with E-state index in [0.29, 0.717) is 6.42 Å². The highest BCUT2D eigenvalue weighted by molar-refractivity contribution is 4.75. The maximum absolute atomic E-state index is 12.4. The predicted molar refractivity (Wildman–Crippen MR) is 32.5 cm³/mol. The molecule has 0 aromatic heterocycles. The fourth-order valence-corrected chi connectivity index (χ4v) is 0.882. The van der Waals surface area contributed by atoms with Gasteiger partial charge in [0.05, 0.1) is 0 Å². The minimum absolute atomic E-state index is 0.512. The second kappa shape index (κ2) is 2.47. The third kappa shape index (κ3) is 1.81. The summed E-state index contributed by atoms with van der Waals surface area (Å²) in [5.41, 5.74) is 0. The maximum Gasteiger partial charge on any atom is 0.100 e. The lowest BCUT2D eigenvalue weighted by atomic mass is 10.1. The second-order valence-corrected chi connectivity index (χ2v) is 2.68. The molecular formula is C7H13F. The average molecular weight is 116 g/mol. The van der Waals surface area contributed by atoms with E-state index >= 15 is 0 Å². The molecule has 0 spiro atoms. The summed E-state index contributed by atoms with van der Waals surface area (Å²) >= 11 is 0. The van der Waals surface area contributed by atoms with Crippen molar-refractivity contribution >= 4 is 0 Å². The van der Waals surface area contributed by atoms with Gasteiger partial charge in [0.15, 0.2) is 0 Å². The fraction of sp³-hybridized carbons (Fsp3) is 1.00.